The number of rotatable bonds is 5. The fourth-order valence-electron chi connectivity index (χ4n) is 1.79. The van der Waals surface area contributed by atoms with Gasteiger partial charge in [0.1, 0.15) is 5.75 Å². The average Bonchev–Trinajstić information content (AvgIpc) is 2.75. The van der Waals surface area contributed by atoms with Crippen LogP contribution in [0.25, 0.3) is 0 Å². The second kappa shape index (κ2) is 7.04. The zero-order valence-corrected chi connectivity index (χ0v) is 14.6. The van der Waals surface area contributed by atoms with Crippen LogP contribution in [0.5, 0.6) is 5.75 Å². The van der Waals surface area contributed by atoms with E-state index in [4.69, 9.17) is 4.74 Å². The Bertz CT molecular complexity index is 636. The molecule has 1 N–H and O–H groups in total. The lowest BCUT2D eigenvalue weighted by atomic mass is 10.1. The van der Waals surface area contributed by atoms with Crippen LogP contribution in [0.1, 0.15) is 23.1 Å². The van der Waals surface area contributed by atoms with Gasteiger partial charge in [-0.15, -0.1) is 11.3 Å². The number of nitrogens with zero attached hydrogens (tertiary/aromatic N) is 1. The van der Waals surface area contributed by atoms with Crippen molar-refractivity contribution in [3.05, 3.63) is 38.8 Å². The van der Waals surface area contributed by atoms with Crippen molar-refractivity contribution in [2.24, 2.45) is 0 Å². The molecule has 1 aromatic heterocycles. The summed E-state index contributed by atoms with van der Waals surface area (Å²) >= 11 is 4.90. The fraction of sp³-hybridized carbons (Fsp3) is 0.333. The Morgan fingerprint density at radius 1 is 1.43 bits per heavy atom. The van der Waals surface area contributed by atoms with Gasteiger partial charge in [0.2, 0.25) is 0 Å². The summed E-state index contributed by atoms with van der Waals surface area (Å²) in [4.78, 5) is 17.3. The highest BCUT2D eigenvalue weighted by Gasteiger charge is 2.10. The van der Waals surface area contributed by atoms with E-state index in [2.05, 4.69) is 33.2 Å². The summed E-state index contributed by atoms with van der Waals surface area (Å²) in [6.45, 7) is 5.93. The second-order valence-electron chi connectivity index (χ2n) is 4.60. The van der Waals surface area contributed by atoms with Gasteiger partial charge in [-0.2, -0.15) is 0 Å². The Morgan fingerprint density at radius 3 is 2.81 bits per heavy atom. The number of benzene rings is 1. The van der Waals surface area contributed by atoms with Gasteiger partial charge in [-0.05, 0) is 44.0 Å². The maximum absolute atomic E-state index is 11.9. The number of carbonyl (C=O) groups excluding carboxylic acids is 1. The molecule has 0 bridgehead atoms. The van der Waals surface area contributed by atoms with Crippen LogP contribution in [-0.4, -0.2) is 17.5 Å². The normalized spacial score (nSPS) is 10.5. The summed E-state index contributed by atoms with van der Waals surface area (Å²) in [5, 5.41) is 3.37. The SMILES string of the molecule is CCc1cc(Br)ccc1OCC(=O)Nc1nc(C)c(C)s1. The van der Waals surface area contributed by atoms with Crippen LogP contribution >= 0.6 is 27.3 Å². The van der Waals surface area contributed by atoms with Crippen molar-refractivity contribution in [1.29, 1.82) is 0 Å². The quantitative estimate of drug-likeness (QED) is 0.863. The van der Waals surface area contributed by atoms with Crippen molar-refractivity contribution < 1.29 is 9.53 Å². The number of aromatic nitrogens is 1. The number of halogens is 1. The largest absolute Gasteiger partial charge is 0.483 e. The molecule has 2 aromatic rings. The standard InChI is InChI=1S/C15H17BrN2O2S/c1-4-11-7-12(16)5-6-13(11)20-8-14(19)18-15-17-9(2)10(3)21-15/h5-7H,4,8H2,1-3H3,(H,17,18,19). The van der Waals surface area contributed by atoms with E-state index < -0.39 is 0 Å². The molecule has 0 fully saturated rings. The predicted molar refractivity (Wildman–Crippen MR) is 89.2 cm³/mol. The third-order valence-corrected chi connectivity index (χ3v) is 4.52. The lowest BCUT2D eigenvalue weighted by molar-refractivity contribution is -0.118. The van der Waals surface area contributed by atoms with Gasteiger partial charge < -0.3 is 4.74 Å². The molecule has 0 aliphatic heterocycles. The molecule has 0 radical (unpaired) electrons. The molecule has 0 aliphatic carbocycles. The van der Waals surface area contributed by atoms with E-state index in [0.29, 0.717) is 5.13 Å². The fourth-order valence-corrected chi connectivity index (χ4v) is 3.03. The third-order valence-electron chi connectivity index (χ3n) is 3.04. The van der Waals surface area contributed by atoms with Crippen LogP contribution in [0.15, 0.2) is 22.7 Å². The third kappa shape index (κ3) is 4.28. The van der Waals surface area contributed by atoms with Crippen molar-refractivity contribution in [2.75, 3.05) is 11.9 Å². The summed E-state index contributed by atoms with van der Waals surface area (Å²) in [6, 6.07) is 5.77. The van der Waals surface area contributed by atoms with E-state index in [0.717, 1.165) is 32.8 Å². The van der Waals surface area contributed by atoms with Crippen molar-refractivity contribution in [3.63, 3.8) is 0 Å². The molecule has 0 spiro atoms. The molecule has 0 unspecified atom stereocenters. The summed E-state index contributed by atoms with van der Waals surface area (Å²) in [5.41, 5.74) is 2.01. The molecule has 1 heterocycles. The van der Waals surface area contributed by atoms with Gasteiger partial charge in [-0.25, -0.2) is 4.98 Å². The number of anilines is 1. The molecule has 4 nitrogen and oxygen atoms in total. The van der Waals surface area contributed by atoms with Crippen molar-refractivity contribution >= 4 is 38.3 Å². The lowest BCUT2D eigenvalue weighted by Crippen LogP contribution is -2.20. The van der Waals surface area contributed by atoms with Crippen molar-refractivity contribution in [3.8, 4) is 5.75 Å². The summed E-state index contributed by atoms with van der Waals surface area (Å²) in [6.07, 6.45) is 0.848. The molecule has 0 atom stereocenters. The van der Waals surface area contributed by atoms with Crippen LogP contribution in [0.2, 0.25) is 0 Å². The van der Waals surface area contributed by atoms with Gasteiger partial charge in [0, 0.05) is 9.35 Å². The van der Waals surface area contributed by atoms with Gasteiger partial charge in [0.25, 0.3) is 5.91 Å². The highest BCUT2D eigenvalue weighted by molar-refractivity contribution is 9.10. The number of hydrogen-bond donors (Lipinski definition) is 1. The highest BCUT2D eigenvalue weighted by atomic mass is 79.9. The number of amides is 1. The first-order chi connectivity index (χ1) is 9.99. The van der Waals surface area contributed by atoms with E-state index >= 15 is 0 Å². The molecule has 2 rings (SSSR count). The van der Waals surface area contributed by atoms with Gasteiger partial charge in [0.15, 0.2) is 11.7 Å². The summed E-state index contributed by atoms with van der Waals surface area (Å²) < 4.78 is 6.60. The molecule has 6 heteroatoms. The first-order valence-corrected chi connectivity index (χ1v) is 8.25. The van der Waals surface area contributed by atoms with E-state index in [-0.39, 0.29) is 12.5 Å². The molecule has 112 valence electrons. The van der Waals surface area contributed by atoms with Gasteiger partial charge in [-0.3, -0.25) is 10.1 Å². The Balaban J connectivity index is 1.95. The number of ether oxygens (including phenoxy) is 1. The van der Waals surface area contributed by atoms with Gasteiger partial charge in [0.05, 0.1) is 5.69 Å². The van der Waals surface area contributed by atoms with Crippen LogP contribution in [0, 0.1) is 13.8 Å². The number of nitrogens with one attached hydrogen (secondary N) is 1. The second-order valence-corrected chi connectivity index (χ2v) is 6.72. The number of hydrogen-bond acceptors (Lipinski definition) is 4. The minimum absolute atomic E-state index is 0.0215. The van der Waals surface area contributed by atoms with Crippen LogP contribution < -0.4 is 10.1 Å². The molecule has 1 amide bonds. The first-order valence-electron chi connectivity index (χ1n) is 6.64. The maximum Gasteiger partial charge on any atom is 0.264 e. The molecule has 21 heavy (non-hydrogen) atoms. The molecule has 0 saturated heterocycles. The number of carbonyl (C=O) groups is 1. The Morgan fingerprint density at radius 2 is 2.19 bits per heavy atom. The Kier molecular flexibility index (Phi) is 5.36. The minimum atomic E-state index is -0.200. The number of thiazole rings is 1. The van der Waals surface area contributed by atoms with E-state index in [9.17, 15) is 4.79 Å². The van der Waals surface area contributed by atoms with Crippen molar-refractivity contribution in [2.45, 2.75) is 27.2 Å². The monoisotopic (exact) mass is 368 g/mol. The lowest BCUT2D eigenvalue weighted by Gasteiger charge is -2.10. The van der Waals surface area contributed by atoms with Crippen LogP contribution in [-0.2, 0) is 11.2 Å². The minimum Gasteiger partial charge on any atom is -0.483 e. The Labute approximate surface area is 136 Å². The average molecular weight is 369 g/mol. The highest BCUT2D eigenvalue weighted by Crippen LogP contribution is 2.24. The Hall–Kier alpha value is -1.40. The molecular formula is C15H17BrN2O2S. The van der Waals surface area contributed by atoms with Gasteiger partial charge >= 0.3 is 0 Å². The zero-order valence-electron chi connectivity index (χ0n) is 12.2. The van der Waals surface area contributed by atoms with Crippen molar-refractivity contribution in [1.82, 2.24) is 4.98 Å². The molecule has 0 saturated carbocycles. The summed E-state index contributed by atoms with van der Waals surface area (Å²) in [7, 11) is 0. The van der Waals surface area contributed by atoms with E-state index in [1.54, 1.807) is 0 Å². The zero-order chi connectivity index (χ0) is 15.4. The summed E-state index contributed by atoms with van der Waals surface area (Å²) in [5.74, 6) is 0.538. The first kappa shape index (κ1) is 16.0. The molecular weight excluding hydrogens is 352 g/mol. The number of aryl methyl sites for hydroxylation is 3. The van der Waals surface area contributed by atoms with Crippen LogP contribution in [0.4, 0.5) is 5.13 Å². The molecule has 1 aromatic carbocycles. The van der Waals surface area contributed by atoms with Gasteiger partial charge in [-0.1, -0.05) is 22.9 Å². The van der Waals surface area contributed by atoms with E-state index in [1.807, 2.05) is 32.0 Å². The van der Waals surface area contributed by atoms with Crippen LogP contribution in [0.3, 0.4) is 0 Å². The van der Waals surface area contributed by atoms with E-state index in [1.165, 1.54) is 11.3 Å². The maximum atomic E-state index is 11.9. The topological polar surface area (TPSA) is 51.2 Å². The molecule has 0 aliphatic rings. The smallest absolute Gasteiger partial charge is 0.264 e. The predicted octanol–water partition coefficient (Wildman–Crippen LogP) is 4.10.